The smallest absolute Gasteiger partial charge is 0.335 e. The van der Waals surface area contributed by atoms with Crippen LogP contribution in [0.1, 0.15) is 92.6 Å². The fraction of sp³-hybridized carbons (Fsp3) is 0.696. The topological polar surface area (TPSA) is 57.5 Å². The van der Waals surface area contributed by atoms with Crippen molar-refractivity contribution in [2.45, 2.75) is 88.6 Å². The highest BCUT2D eigenvalue weighted by Gasteiger charge is 2.52. The second-order valence-corrected chi connectivity index (χ2v) is 9.25. The molecular weight excluding hydrogens is 324 g/mol. The molecule has 0 aromatic heterocycles. The third-order valence-electron chi connectivity index (χ3n) is 7.40. The van der Waals surface area contributed by atoms with E-state index >= 15 is 0 Å². The molecule has 1 aromatic rings. The van der Waals surface area contributed by atoms with Crippen LogP contribution in [0.4, 0.5) is 0 Å². The number of benzene rings is 1. The zero-order chi connectivity index (χ0) is 18.4. The zero-order valence-corrected chi connectivity index (χ0v) is 16.0. The molecule has 3 aliphatic rings. The van der Waals surface area contributed by atoms with Gasteiger partial charge in [0.05, 0.1) is 11.2 Å². The van der Waals surface area contributed by atoms with Gasteiger partial charge in [-0.25, -0.2) is 4.79 Å². The monoisotopic (exact) mass is 356 g/mol. The van der Waals surface area contributed by atoms with E-state index in [0.29, 0.717) is 11.5 Å². The molecule has 2 saturated carbocycles. The van der Waals surface area contributed by atoms with Gasteiger partial charge in [0.1, 0.15) is 0 Å². The lowest BCUT2D eigenvalue weighted by Crippen LogP contribution is -2.48. The summed E-state index contributed by atoms with van der Waals surface area (Å²) in [5.41, 5.74) is 2.76. The van der Waals surface area contributed by atoms with Crippen molar-refractivity contribution in [2.75, 3.05) is 0 Å². The molecule has 0 spiro atoms. The summed E-state index contributed by atoms with van der Waals surface area (Å²) in [4.78, 5) is 11.4. The quantitative estimate of drug-likeness (QED) is 0.772. The molecule has 2 N–H and O–H groups in total. The summed E-state index contributed by atoms with van der Waals surface area (Å²) < 4.78 is 0. The maximum Gasteiger partial charge on any atom is 0.335 e. The number of carboxylic acid groups (broad SMARTS) is 1. The average Bonchev–Trinajstić information content (AvgIpc) is 3.42. The van der Waals surface area contributed by atoms with Crippen LogP contribution >= 0.6 is 0 Å². The van der Waals surface area contributed by atoms with Crippen LogP contribution in [0.25, 0.3) is 0 Å². The highest BCUT2D eigenvalue weighted by molar-refractivity contribution is 5.88. The van der Waals surface area contributed by atoms with E-state index in [1.54, 1.807) is 0 Å². The van der Waals surface area contributed by atoms with E-state index in [4.69, 9.17) is 0 Å². The Bertz CT molecular complexity index is 693. The second-order valence-electron chi connectivity index (χ2n) is 9.25. The van der Waals surface area contributed by atoms with Gasteiger partial charge < -0.3 is 10.2 Å². The van der Waals surface area contributed by atoms with Crippen molar-refractivity contribution in [3.05, 3.63) is 34.9 Å². The highest BCUT2D eigenvalue weighted by atomic mass is 16.4. The maximum absolute atomic E-state index is 11.4. The molecule has 4 rings (SSSR count). The van der Waals surface area contributed by atoms with E-state index in [-0.39, 0.29) is 5.41 Å². The summed E-state index contributed by atoms with van der Waals surface area (Å²) in [5.74, 6) is 0.538. The number of hydrogen-bond donors (Lipinski definition) is 2. The van der Waals surface area contributed by atoms with Gasteiger partial charge in [-0.1, -0.05) is 32.3 Å². The lowest BCUT2D eigenvalue weighted by atomic mass is 9.55. The normalized spacial score (nSPS) is 33.8. The molecule has 3 aliphatic carbocycles. The van der Waals surface area contributed by atoms with E-state index in [0.717, 1.165) is 57.3 Å². The minimum absolute atomic E-state index is 0.157. The van der Waals surface area contributed by atoms with Crippen LogP contribution in [0.3, 0.4) is 0 Å². The van der Waals surface area contributed by atoms with Gasteiger partial charge in [0.25, 0.3) is 0 Å². The number of fused-ring (bicyclic) bond motifs is 3. The Labute approximate surface area is 156 Å². The molecule has 3 nitrogen and oxygen atoms in total. The molecule has 0 saturated heterocycles. The minimum Gasteiger partial charge on any atom is -0.478 e. The SMILES string of the molecule is CCC[C@@]1(O)CC[C@@]2(CC3CC3)c3ccc(C(=O)O)cc3CCC[C@H]2C1. The first-order valence-electron chi connectivity index (χ1n) is 10.5. The first-order valence-corrected chi connectivity index (χ1v) is 10.5. The van der Waals surface area contributed by atoms with Crippen LogP contribution in [0.5, 0.6) is 0 Å². The summed E-state index contributed by atoms with van der Waals surface area (Å²) in [6, 6.07) is 5.87. The van der Waals surface area contributed by atoms with Crippen LogP contribution in [0.15, 0.2) is 18.2 Å². The maximum atomic E-state index is 11.4. The van der Waals surface area contributed by atoms with E-state index < -0.39 is 11.6 Å². The molecule has 26 heavy (non-hydrogen) atoms. The second kappa shape index (κ2) is 6.67. The van der Waals surface area contributed by atoms with Gasteiger partial charge in [-0.15, -0.1) is 0 Å². The van der Waals surface area contributed by atoms with E-state index in [2.05, 4.69) is 13.0 Å². The van der Waals surface area contributed by atoms with Gasteiger partial charge in [-0.05, 0) is 91.9 Å². The highest BCUT2D eigenvalue weighted by Crippen LogP contribution is 2.57. The molecule has 0 radical (unpaired) electrons. The van der Waals surface area contributed by atoms with Crippen molar-refractivity contribution < 1.29 is 15.0 Å². The summed E-state index contributed by atoms with van der Waals surface area (Å²) in [5, 5.41) is 20.6. The van der Waals surface area contributed by atoms with Crippen molar-refractivity contribution in [3.8, 4) is 0 Å². The lowest BCUT2D eigenvalue weighted by molar-refractivity contribution is -0.0562. The molecule has 0 aliphatic heterocycles. The summed E-state index contributed by atoms with van der Waals surface area (Å²) in [6.07, 6.45) is 12.0. The zero-order valence-electron chi connectivity index (χ0n) is 16.0. The van der Waals surface area contributed by atoms with Crippen LogP contribution < -0.4 is 0 Å². The summed E-state index contributed by atoms with van der Waals surface area (Å²) >= 11 is 0. The average molecular weight is 357 g/mol. The first kappa shape index (κ1) is 18.0. The Balaban J connectivity index is 1.75. The van der Waals surface area contributed by atoms with E-state index in [1.807, 2.05) is 12.1 Å². The van der Waals surface area contributed by atoms with Crippen molar-refractivity contribution in [1.29, 1.82) is 0 Å². The Morgan fingerprint density at radius 1 is 1.23 bits per heavy atom. The predicted octanol–water partition coefficient (Wildman–Crippen LogP) is 5.09. The van der Waals surface area contributed by atoms with E-state index in [1.165, 1.54) is 30.4 Å². The fourth-order valence-corrected chi connectivity index (χ4v) is 6.02. The molecule has 0 unspecified atom stereocenters. The number of carbonyl (C=O) groups is 1. The summed E-state index contributed by atoms with van der Waals surface area (Å²) in [7, 11) is 0. The van der Waals surface area contributed by atoms with Gasteiger partial charge in [-0.3, -0.25) is 0 Å². The Kier molecular flexibility index (Phi) is 4.63. The molecule has 0 amide bonds. The Hall–Kier alpha value is -1.35. The molecule has 3 atom stereocenters. The van der Waals surface area contributed by atoms with Gasteiger partial charge in [0, 0.05) is 0 Å². The largest absolute Gasteiger partial charge is 0.478 e. The van der Waals surface area contributed by atoms with Gasteiger partial charge in [0.2, 0.25) is 0 Å². The van der Waals surface area contributed by atoms with Crippen LogP contribution in [-0.2, 0) is 11.8 Å². The van der Waals surface area contributed by atoms with Gasteiger partial charge in [0.15, 0.2) is 0 Å². The number of aliphatic hydroxyl groups is 1. The van der Waals surface area contributed by atoms with E-state index in [9.17, 15) is 15.0 Å². The van der Waals surface area contributed by atoms with Gasteiger partial charge >= 0.3 is 5.97 Å². The molecule has 3 heteroatoms. The third-order valence-corrected chi connectivity index (χ3v) is 7.40. The van der Waals surface area contributed by atoms with Crippen molar-refractivity contribution in [3.63, 3.8) is 0 Å². The molecule has 1 aromatic carbocycles. The molecule has 0 bridgehead atoms. The van der Waals surface area contributed by atoms with Crippen molar-refractivity contribution >= 4 is 5.97 Å². The number of hydrogen-bond acceptors (Lipinski definition) is 2. The van der Waals surface area contributed by atoms with Crippen LogP contribution in [0.2, 0.25) is 0 Å². The van der Waals surface area contributed by atoms with Crippen LogP contribution in [0, 0.1) is 11.8 Å². The number of aromatic carboxylic acids is 1. The number of aryl methyl sites for hydroxylation is 1. The molecule has 0 heterocycles. The number of carboxylic acids is 1. The molecular formula is C23H32O3. The minimum atomic E-state index is -0.828. The lowest BCUT2D eigenvalue weighted by Gasteiger charge is -2.51. The van der Waals surface area contributed by atoms with Crippen LogP contribution in [-0.4, -0.2) is 21.8 Å². The van der Waals surface area contributed by atoms with Crippen molar-refractivity contribution in [1.82, 2.24) is 0 Å². The van der Waals surface area contributed by atoms with Gasteiger partial charge in [-0.2, -0.15) is 0 Å². The van der Waals surface area contributed by atoms with Crippen molar-refractivity contribution in [2.24, 2.45) is 11.8 Å². The fourth-order valence-electron chi connectivity index (χ4n) is 6.02. The first-order chi connectivity index (χ1) is 12.5. The number of rotatable bonds is 5. The third kappa shape index (κ3) is 3.19. The predicted molar refractivity (Wildman–Crippen MR) is 103 cm³/mol. The molecule has 2 fully saturated rings. The standard InChI is InChI=1S/C23H32O3/c1-2-10-22(26)11-12-23(14-16-6-7-16)19(15-22)5-3-4-17-13-18(21(24)25)8-9-20(17)23/h8-9,13,16,19,26H,2-7,10-12,14-15H2,1H3,(H,24,25)/t19-,22+,23-/m0/s1. The Morgan fingerprint density at radius 3 is 2.73 bits per heavy atom. The Morgan fingerprint density at radius 2 is 2.04 bits per heavy atom. The molecule has 142 valence electrons. The summed E-state index contributed by atoms with van der Waals surface area (Å²) in [6.45, 7) is 2.17.